The van der Waals surface area contributed by atoms with E-state index in [1.165, 1.54) is 0 Å². The highest BCUT2D eigenvalue weighted by molar-refractivity contribution is 6.28. The number of rotatable bonds is 3. The Hall–Kier alpha value is -0.910. The van der Waals surface area contributed by atoms with Gasteiger partial charge in [-0.15, -0.1) is 0 Å². The van der Waals surface area contributed by atoms with E-state index in [1.54, 1.807) is 6.20 Å². The fourth-order valence-corrected chi connectivity index (χ4v) is 2.40. The molecule has 0 aromatic carbocycles. The minimum atomic E-state index is -0.298. The van der Waals surface area contributed by atoms with Gasteiger partial charge < -0.3 is 14.9 Å². The van der Waals surface area contributed by atoms with E-state index in [1.807, 2.05) is 20.2 Å². The van der Waals surface area contributed by atoms with Gasteiger partial charge >= 0.3 is 0 Å². The molecule has 2 unspecified atom stereocenters. The molecule has 0 radical (unpaired) electrons. The van der Waals surface area contributed by atoms with Crippen LogP contribution in [0.2, 0.25) is 5.28 Å². The molecule has 1 N–H and O–H groups in total. The van der Waals surface area contributed by atoms with Crippen LogP contribution >= 0.6 is 11.6 Å². The number of aromatic nitrogens is 2. The number of likely N-dealkylation sites (N-methyl/N-ethyl adjacent to an activating group) is 1. The Morgan fingerprint density at radius 2 is 2.35 bits per heavy atom. The molecule has 6 heteroatoms. The first-order valence-corrected chi connectivity index (χ1v) is 6.02. The van der Waals surface area contributed by atoms with Gasteiger partial charge in [0.1, 0.15) is 5.82 Å². The van der Waals surface area contributed by atoms with Crippen molar-refractivity contribution >= 4 is 17.4 Å². The minimum absolute atomic E-state index is 0.243. The smallest absolute Gasteiger partial charge is 0.224 e. The van der Waals surface area contributed by atoms with Crippen molar-refractivity contribution in [2.75, 3.05) is 32.1 Å². The fourth-order valence-electron chi connectivity index (χ4n) is 2.25. The first-order chi connectivity index (χ1) is 8.06. The van der Waals surface area contributed by atoms with Gasteiger partial charge in [0.2, 0.25) is 5.28 Å². The molecule has 1 saturated heterocycles. The summed E-state index contributed by atoms with van der Waals surface area (Å²) in [5.74, 6) is 0.786. The quantitative estimate of drug-likeness (QED) is 0.804. The molecule has 94 valence electrons. The highest BCUT2D eigenvalue weighted by Gasteiger charge is 2.32. The summed E-state index contributed by atoms with van der Waals surface area (Å²) in [4.78, 5) is 12.3. The van der Waals surface area contributed by atoms with E-state index < -0.39 is 0 Å². The zero-order valence-corrected chi connectivity index (χ0v) is 10.8. The van der Waals surface area contributed by atoms with Gasteiger partial charge in [0.05, 0.1) is 6.10 Å². The van der Waals surface area contributed by atoms with E-state index in [9.17, 15) is 5.11 Å². The second-order valence-corrected chi connectivity index (χ2v) is 4.98. The Morgan fingerprint density at radius 1 is 1.59 bits per heavy atom. The van der Waals surface area contributed by atoms with Crippen molar-refractivity contribution in [2.45, 2.75) is 18.6 Å². The predicted octanol–water partition coefficient (Wildman–Crippen LogP) is 0.631. The van der Waals surface area contributed by atoms with Gasteiger partial charge in [-0.2, -0.15) is 0 Å². The van der Waals surface area contributed by atoms with Crippen molar-refractivity contribution in [2.24, 2.45) is 0 Å². The summed E-state index contributed by atoms with van der Waals surface area (Å²) < 4.78 is 0. The summed E-state index contributed by atoms with van der Waals surface area (Å²) in [6, 6.07) is 2.10. The van der Waals surface area contributed by atoms with E-state index >= 15 is 0 Å². The van der Waals surface area contributed by atoms with Crippen LogP contribution in [0.3, 0.4) is 0 Å². The van der Waals surface area contributed by atoms with Crippen molar-refractivity contribution in [3.8, 4) is 0 Å². The SMILES string of the molecule is CN(C)CC1CC(O)CN1c1ccnc(Cl)n1. The highest BCUT2D eigenvalue weighted by Crippen LogP contribution is 2.24. The molecule has 0 amide bonds. The van der Waals surface area contributed by atoms with Crippen molar-refractivity contribution in [3.63, 3.8) is 0 Å². The van der Waals surface area contributed by atoms with E-state index in [2.05, 4.69) is 19.8 Å². The van der Waals surface area contributed by atoms with Gasteiger partial charge in [-0.05, 0) is 38.2 Å². The van der Waals surface area contributed by atoms with Crippen LogP contribution < -0.4 is 4.90 Å². The van der Waals surface area contributed by atoms with Gasteiger partial charge in [0.15, 0.2) is 0 Å². The molecule has 0 saturated carbocycles. The van der Waals surface area contributed by atoms with E-state index in [0.29, 0.717) is 6.54 Å². The maximum absolute atomic E-state index is 9.78. The molecule has 0 aliphatic carbocycles. The summed E-state index contributed by atoms with van der Waals surface area (Å²) >= 11 is 5.79. The van der Waals surface area contributed by atoms with E-state index in [-0.39, 0.29) is 17.4 Å². The molecule has 2 rings (SSSR count). The molecule has 5 nitrogen and oxygen atoms in total. The van der Waals surface area contributed by atoms with Gasteiger partial charge in [0.25, 0.3) is 0 Å². The maximum atomic E-state index is 9.78. The molecular weight excluding hydrogens is 240 g/mol. The maximum Gasteiger partial charge on any atom is 0.224 e. The summed E-state index contributed by atoms with van der Waals surface area (Å²) in [7, 11) is 4.05. The fraction of sp³-hybridized carbons (Fsp3) is 0.636. The lowest BCUT2D eigenvalue weighted by Crippen LogP contribution is -2.38. The van der Waals surface area contributed by atoms with Gasteiger partial charge in [-0.3, -0.25) is 0 Å². The summed E-state index contributed by atoms with van der Waals surface area (Å²) in [6.07, 6.45) is 2.11. The molecule has 1 fully saturated rings. The number of aliphatic hydroxyl groups is 1. The van der Waals surface area contributed by atoms with Crippen LogP contribution in [0.15, 0.2) is 12.3 Å². The number of hydrogen-bond donors (Lipinski definition) is 1. The predicted molar refractivity (Wildman–Crippen MR) is 67.4 cm³/mol. The largest absolute Gasteiger partial charge is 0.391 e. The molecule has 2 atom stereocenters. The molecule has 0 bridgehead atoms. The average molecular weight is 257 g/mol. The molecule has 2 heterocycles. The van der Waals surface area contributed by atoms with Crippen LogP contribution in [0, 0.1) is 0 Å². The average Bonchev–Trinajstić information content (AvgIpc) is 2.58. The standard InChI is InChI=1S/C11H17ClN4O/c1-15(2)6-8-5-9(17)7-16(8)10-3-4-13-11(12)14-10/h3-4,8-9,17H,5-7H2,1-2H3. The second kappa shape index (κ2) is 5.16. The molecule has 0 spiro atoms. The van der Waals surface area contributed by atoms with Crippen LogP contribution in [0.25, 0.3) is 0 Å². The number of aliphatic hydroxyl groups excluding tert-OH is 1. The van der Waals surface area contributed by atoms with Crippen LogP contribution in [-0.2, 0) is 0 Å². The van der Waals surface area contributed by atoms with Crippen LogP contribution in [0.1, 0.15) is 6.42 Å². The van der Waals surface area contributed by atoms with Crippen molar-refractivity contribution < 1.29 is 5.11 Å². The minimum Gasteiger partial charge on any atom is -0.391 e. The molecule has 1 aliphatic rings. The third-order valence-corrected chi connectivity index (χ3v) is 3.06. The normalized spacial score (nSPS) is 24.6. The van der Waals surface area contributed by atoms with Crippen LogP contribution in [-0.4, -0.2) is 59.3 Å². The number of nitrogens with zero attached hydrogens (tertiary/aromatic N) is 4. The summed E-state index contributed by atoms with van der Waals surface area (Å²) in [5.41, 5.74) is 0. The molecule has 1 aromatic heterocycles. The Morgan fingerprint density at radius 3 is 3.00 bits per heavy atom. The lowest BCUT2D eigenvalue weighted by molar-refractivity contribution is 0.191. The van der Waals surface area contributed by atoms with Crippen LogP contribution in [0.4, 0.5) is 5.82 Å². The zero-order valence-electron chi connectivity index (χ0n) is 10.0. The number of hydrogen-bond acceptors (Lipinski definition) is 5. The number of halogens is 1. The Labute approximate surface area is 106 Å². The lowest BCUT2D eigenvalue weighted by atomic mass is 10.2. The number of anilines is 1. The Kier molecular flexibility index (Phi) is 3.81. The lowest BCUT2D eigenvalue weighted by Gasteiger charge is -2.27. The van der Waals surface area contributed by atoms with Crippen molar-refractivity contribution in [3.05, 3.63) is 17.5 Å². The summed E-state index contributed by atoms with van der Waals surface area (Å²) in [6.45, 7) is 1.49. The Balaban J connectivity index is 2.17. The third-order valence-electron chi connectivity index (χ3n) is 2.87. The molecule has 1 aromatic rings. The molecular formula is C11H17ClN4O. The van der Waals surface area contributed by atoms with Gasteiger partial charge in [0, 0.05) is 25.3 Å². The monoisotopic (exact) mass is 256 g/mol. The topological polar surface area (TPSA) is 52.5 Å². The second-order valence-electron chi connectivity index (χ2n) is 4.64. The zero-order chi connectivity index (χ0) is 12.4. The summed E-state index contributed by atoms with van der Waals surface area (Å²) in [5, 5.41) is 10.0. The number of β-amino-alcohol motifs (C(OH)–C–C–N with tert-alkyl or cyclic N) is 1. The molecule has 17 heavy (non-hydrogen) atoms. The van der Waals surface area contributed by atoms with Crippen molar-refractivity contribution in [1.82, 2.24) is 14.9 Å². The van der Waals surface area contributed by atoms with Gasteiger partial charge in [-0.1, -0.05) is 0 Å². The Bertz CT molecular complexity index is 387. The van der Waals surface area contributed by atoms with Crippen LogP contribution in [0.5, 0.6) is 0 Å². The third kappa shape index (κ3) is 3.06. The van der Waals surface area contributed by atoms with Crippen molar-refractivity contribution in [1.29, 1.82) is 0 Å². The molecule has 1 aliphatic heterocycles. The highest BCUT2D eigenvalue weighted by atomic mass is 35.5. The van der Waals surface area contributed by atoms with E-state index in [0.717, 1.165) is 18.8 Å². The van der Waals surface area contributed by atoms with E-state index in [4.69, 9.17) is 11.6 Å². The first kappa shape index (κ1) is 12.5. The first-order valence-electron chi connectivity index (χ1n) is 5.64. The van der Waals surface area contributed by atoms with Gasteiger partial charge in [-0.25, -0.2) is 9.97 Å².